The van der Waals surface area contributed by atoms with Gasteiger partial charge in [0.1, 0.15) is 0 Å². The van der Waals surface area contributed by atoms with Crippen molar-refractivity contribution in [1.82, 2.24) is 0 Å². The second-order valence-corrected chi connectivity index (χ2v) is 5.69. The van der Waals surface area contributed by atoms with E-state index in [0.29, 0.717) is 0 Å². The van der Waals surface area contributed by atoms with Gasteiger partial charge in [0.15, 0.2) is 0 Å². The van der Waals surface area contributed by atoms with Gasteiger partial charge in [-0.05, 0) is 19.3 Å². The van der Waals surface area contributed by atoms with Crippen molar-refractivity contribution < 1.29 is 10.2 Å². The van der Waals surface area contributed by atoms with E-state index in [-0.39, 0.29) is 6.61 Å². The van der Waals surface area contributed by atoms with Crippen molar-refractivity contribution in [3.63, 3.8) is 0 Å². The maximum absolute atomic E-state index is 9.51. The molecule has 21 heavy (non-hydrogen) atoms. The highest BCUT2D eigenvalue weighted by atomic mass is 16.3. The first-order chi connectivity index (χ1) is 10.2. The Morgan fingerprint density at radius 3 is 2.00 bits per heavy atom. The Morgan fingerprint density at radius 1 is 0.952 bits per heavy atom. The molecule has 4 N–H and O–H groups in total. The van der Waals surface area contributed by atoms with Gasteiger partial charge in [-0.2, -0.15) is 0 Å². The zero-order chi connectivity index (χ0) is 15.8. The lowest BCUT2D eigenvalue weighted by Gasteiger charge is -2.11. The first-order valence-corrected chi connectivity index (χ1v) is 8.37. The minimum Gasteiger partial charge on any atom is -0.395 e. The van der Waals surface area contributed by atoms with Crippen LogP contribution in [0.2, 0.25) is 0 Å². The molecule has 0 spiro atoms. The maximum atomic E-state index is 9.51. The lowest BCUT2D eigenvalue weighted by Crippen LogP contribution is -2.36. The molecule has 0 aromatic carbocycles. The molecule has 0 rings (SSSR count). The Balaban J connectivity index is 3.22. The number of terminal acetylenes is 1. The summed E-state index contributed by atoms with van der Waals surface area (Å²) >= 11 is 0. The lowest BCUT2D eigenvalue weighted by molar-refractivity contribution is 0.144. The van der Waals surface area contributed by atoms with Crippen LogP contribution in [0.25, 0.3) is 0 Å². The van der Waals surface area contributed by atoms with E-state index in [1.807, 2.05) is 6.08 Å². The van der Waals surface area contributed by atoms with E-state index in [4.69, 9.17) is 17.3 Å². The van der Waals surface area contributed by atoms with E-state index < -0.39 is 12.1 Å². The molecule has 0 amide bonds. The van der Waals surface area contributed by atoms with Crippen LogP contribution >= 0.6 is 0 Å². The molecule has 0 saturated heterocycles. The molecule has 0 saturated carbocycles. The van der Waals surface area contributed by atoms with Crippen LogP contribution in [0.1, 0.15) is 70.6 Å². The number of unbranched alkanes of at least 4 members (excludes halogenated alkanes) is 10. The summed E-state index contributed by atoms with van der Waals surface area (Å²) in [5, 5.41) is 18.3. The molecule has 0 fully saturated rings. The van der Waals surface area contributed by atoms with Crippen molar-refractivity contribution in [2.45, 2.75) is 82.8 Å². The number of rotatable bonds is 14. The second kappa shape index (κ2) is 15.6. The standard InChI is InChI=1S/C18H33NO2/c1-2-3-4-5-6-7-8-9-10-11-12-13-14-15-18(21)17(19)16-20/h1,14-15,17-18,20-21H,3-13,16,19H2/t17-,18+/m0/s1. The van der Waals surface area contributed by atoms with Gasteiger partial charge in [-0.15, -0.1) is 12.3 Å². The van der Waals surface area contributed by atoms with Gasteiger partial charge >= 0.3 is 0 Å². The Hall–Kier alpha value is -0.820. The summed E-state index contributed by atoms with van der Waals surface area (Å²) in [5.74, 6) is 2.68. The van der Waals surface area contributed by atoms with Crippen LogP contribution in [0, 0.1) is 12.3 Å². The van der Waals surface area contributed by atoms with Gasteiger partial charge in [-0.1, -0.05) is 57.1 Å². The molecular weight excluding hydrogens is 262 g/mol. The van der Waals surface area contributed by atoms with E-state index in [0.717, 1.165) is 19.3 Å². The maximum Gasteiger partial charge on any atom is 0.0894 e. The smallest absolute Gasteiger partial charge is 0.0894 e. The number of allylic oxidation sites excluding steroid dienone is 1. The van der Waals surface area contributed by atoms with Crippen LogP contribution < -0.4 is 5.73 Å². The predicted octanol–water partition coefficient (Wildman–Crippen LogP) is 3.15. The molecule has 3 heteroatoms. The summed E-state index contributed by atoms with van der Waals surface area (Å²) < 4.78 is 0. The van der Waals surface area contributed by atoms with E-state index in [2.05, 4.69) is 5.92 Å². The van der Waals surface area contributed by atoms with Crippen LogP contribution in [0.15, 0.2) is 12.2 Å². The largest absolute Gasteiger partial charge is 0.395 e. The summed E-state index contributed by atoms with van der Waals surface area (Å²) in [6, 6.07) is -0.568. The molecule has 0 heterocycles. The average Bonchev–Trinajstić information content (AvgIpc) is 2.50. The fourth-order valence-electron chi connectivity index (χ4n) is 2.21. The lowest BCUT2D eigenvalue weighted by atomic mass is 10.1. The molecule has 0 aliphatic carbocycles. The van der Waals surface area contributed by atoms with E-state index >= 15 is 0 Å². The van der Waals surface area contributed by atoms with Gasteiger partial charge in [0, 0.05) is 6.42 Å². The summed E-state index contributed by atoms with van der Waals surface area (Å²) in [7, 11) is 0. The van der Waals surface area contributed by atoms with Gasteiger partial charge in [0.05, 0.1) is 18.8 Å². The van der Waals surface area contributed by atoms with Crippen LogP contribution in [0.5, 0.6) is 0 Å². The molecule has 2 atom stereocenters. The molecule has 0 aromatic rings. The zero-order valence-corrected chi connectivity index (χ0v) is 13.3. The molecule has 0 bridgehead atoms. The van der Waals surface area contributed by atoms with Crippen LogP contribution in [-0.2, 0) is 0 Å². The summed E-state index contributed by atoms with van der Waals surface area (Å²) in [6.45, 7) is -0.186. The third-order valence-electron chi connectivity index (χ3n) is 3.67. The number of hydrogen-bond acceptors (Lipinski definition) is 3. The SMILES string of the molecule is C#CCCCCCCCCCCCC=C[C@@H](O)[C@@H](N)CO. The van der Waals surface area contributed by atoms with Crippen LogP contribution in [0.4, 0.5) is 0 Å². The van der Waals surface area contributed by atoms with Crippen molar-refractivity contribution in [3.8, 4) is 12.3 Å². The highest BCUT2D eigenvalue weighted by Crippen LogP contribution is 2.11. The molecule has 0 radical (unpaired) electrons. The Labute approximate surface area is 130 Å². The molecule has 0 unspecified atom stereocenters. The third-order valence-corrected chi connectivity index (χ3v) is 3.67. The van der Waals surface area contributed by atoms with Crippen molar-refractivity contribution >= 4 is 0 Å². The first kappa shape index (κ1) is 20.2. The van der Waals surface area contributed by atoms with Crippen molar-refractivity contribution in [2.75, 3.05) is 6.61 Å². The van der Waals surface area contributed by atoms with E-state index in [1.54, 1.807) is 6.08 Å². The normalized spacial score (nSPS) is 14.2. The topological polar surface area (TPSA) is 66.5 Å². The second-order valence-electron chi connectivity index (χ2n) is 5.69. The quantitative estimate of drug-likeness (QED) is 0.262. The monoisotopic (exact) mass is 295 g/mol. The van der Waals surface area contributed by atoms with Crippen LogP contribution in [0.3, 0.4) is 0 Å². The number of aliphatic hydroxyl groups is 2. The molecule has 0 aromatic heterocycles. The zero-order valence-electron chi connectivity index (χ0n) is 13.3. The Bertz CT molecular complexity index is 283. The van der Waals surface area contributed by atoms with Crippen molar-refractivity contribution in [2.24, 2.45) is 5.73 Å². The highest BCUT2D eigenvalue weighted by Gasteiger charge is 2.08. The number of nitrogens with two attached hydrogens (primary N) is 1. The Kier molecular flexibility index (Phi) is 15.0. The summed E-state index contributed by atoms with van der Waals surface area (Å²) in [4.78, 5) is 0. The molecule has 122 valence electrons. The fraction of sp³-hybridized carbons (Fsp3) is 0.778. The molecule has 3 nitrogen and oxygen atoms in total. The van der Waals surface area contributed by atoms with Gasteiger partial charge in [-0.25, -0.2) is 0 Å². The van der Waals surface area contributed by atoms with E-state index in [1.165, 1.54) is 51.4 Å². The van der Waals surface area contributed by atoms with Gasteiger partial charge in [-0.3, -0.25) is 0 Å². The van der Waals surface area contributed by atoms with Gasteiger partial charge in [0.25, 0.3) is 0 Å². The minimum atomic E-state index is -0.732. The van der Waals surface area contributed by atoms with Crippen LogP contribution in [-0.4, -0.2) is 29.0 Å². The van der Waals surface area contributed by atoms with E-state index in [9.17, 15) is 5.11 Å². The average molecular weight is 295 g/mol. The van der Waals surface area contributed by atoms with Crippen molar-refractivity contribution in [1.29, 1.82) is 0 Å². The van der Waals surface area contributed by atoms with Crippen molar-refractivity contribution in [3.05, 3.63) is 12.2 Å². The Morgan fingerprint density at radius 2 is 1.48 bits per heavy atom. The molecular formula is C18H33NO2. The first-order valence-electron chi connectivity index (χ1n) is 8.37. The fourth-order valence-corrected chi connectivity index (χ4v) is 2.21. The minimum absolute atomic E-state index is 0.186. The summed E-state index contributed by atoms with van der Waals surface area (Å²) in [5.41, 5.74) is 5.50. The van der Waals surface area contributed by atoms with Gasteiger partial charge in [0.2, 0.25) is 0 Å². The third kappa shape index (κ3) is 13.9. The number of hydrogen-bond donors (Lipinski definition) is 3. The predicted molar refractivity (Wildman–Crippen MR) is 89.8 cm³/mol. The van der Waals surface area contributed by atoms with Gasteiger partial charge < -0.3 is 15.9 Å². The number of aliphatic hydroxyl groups excluding tert-OH is 2. The molecule has 0 aliphatic heterocycles. The summed E-state index contributed by atoms with van der Waals surface area (Å²) in [6.07, 6.45) is 21.4. The highest BCUT2D eigenvalue weighted by molar-refractivity contribution is 4.93. The molecule has 0 aliphatic rings.